The van der Waals surface area contributed by atoms with Crippen LogP contribution in [0, 0.1) is 33.6 Å². The molecule has 8 heteroatoms. The van der Waals surface area contributed by atoms with E-state index in [9.17, 15) is 17.3 Å². The average Bonchev–Trinajstić information content (AvgIpc) is 3.61. The minimum atomic E-state index is -6.00. The van der Waals surface area contributed by atoms with Crippen LogP contribution in [0.4, 0.5) is 17.3 Å². The van der Waals surface area contributed by atoms with Gasteiger partial charge in [0.2, 0.25) is 0 Å². The molecule has 0 aliphatic heterocycles. The van der Waals surface area contributed by atoms with Gasteiger partial charge in [0.15, 0.2) is 0 Å². The van der Waals surface area contributed by atoms with Crippen LogP contribution in [0.1, 0.15) is 84.0 Å². The van der Waals surface area contributed by atoms with Gasteiger partial charge in [-0.05, 0) is 75.1 Å². The molecule has 2 fully saturated rings. The van der Waals surface area contributed by atoms with Gasteiger partial charge in [-0.3, -0.25) is 0 Å². The zero-order chi connectivity index (χ0) is 28.3. The van der Waals surface area contributed by atoms with Crippen LogP contribution in [0.2, 0.25) is 0 Å². The van der Waals surface area contributed by atoms with Gasteiger partial charge in [0.25, 0.3) is 0 Å². The van der Waals surface area contributed by atoms with E-state index in [1.807, 2.05) is 0 Å². The Bertz CT molecular complexity index is 859. The topological polar surface area (TPSA) is 0 Å². The summed E-state index contributed by atoms with van der Waals surface area (Å²) < 4.78 is 39.0. The number of allylic oxidation sites excluding steroid dienone is 4. The van der Waals surface area contributed by atoms with E-state index in [2.05, 4.69) is 98.8 Å². The van der Waals surface area contributed by atoms with Crippen LogP contribution in [0.3, 0.4) is 0 Å². The van der Waals surface area contributed by atoms with E-state index in [1.165, 1.54) is 77.0 Å². The van der Waals surface area contributed by atoms with Crippen molar-refractivity contribution in [1.29, 1.82) is 0 Å². The summed E-state index contributed by atoms with van der Waals surface area (Å²) in [5.74, 6) is 1.35. The Labute approximate surface area is 286 Å². The number of halogens is 4. The molecule has 3 aliphatic carbocycles. The molecule has 0 aromatic heterocycles. The molecule has 0 saturated heterocycles. The smallest absolute Gasteiger partial charge is 0.418 e. The summed E-state index contributed by atoms with van der Waals surface area (Å²) in [4.78, 5) is 0. The summed E-state index contributed by atoms with van der Waals surface area (Å²) in [7, 11) is -6.71. The first kappa shape index (κ1) is 46.7. The first-order chi connectivity index (χ1) is 18.8. The predicted molar refractivity (Wildman–Crippen MR) is 179 cm³/mol. The van der Waals surface area contributed by atoms with Gasteiger partial charge < -0.3 is 39.0 Å². The third-order valence-corrected chi connectivity index (χ3v) is 10.8. The average molecular weight is 750 g/mol. The Balaban J connectivity index is -0.000000604. The minimum absolute atomic E-state index is 0. The molecule has 2 unspecified atom stereocenters. The third-order valence-electron chi connectivity index (χ3n) is 7.42. The zero-order valence-electron chi connectivity index (χ0n) is 26.3. The molecule has 2 aromatic carbocycles. The molecule has 0 bridgehead atoms. The van der Waals surface area contributed by atoms with Gasteiger partial charge in [0.05, 0.1) is 24.2 Å². The quantitative estimate of drug-likeness (QED) is 0.0960. The predicted octanol–water partition coefficient (Wildman–Crippen LogP) is 11.3. The fourth-order valence-corrected chi connectivity index (χ4v) is 9.31. The summed E-state index contributed by atoms with van der Waals surface area (Å²) in [5.41, 5.74) is 0.826. The van der Waals surface area contributed by atoms with E-state index in [1.54, 1.807) is 10.6 Å². The maximum Gasteiger partial charge on any atom is 0.673 e. The monoisotopic (exact) mass is 750 g/mol. The molecule has 0 heterocycles. The fraction of sp³-hybridized carbons (Fsp3) is 0.457. The molecule has 43 heavy (non-hydrogen) atoms. The molecule has 1 radical (unpaired) electrons. The molecule has 3 atom stereocenters. The van der Waals surface area contributed by atoms with E-state index >= 15 is 0 Å². The summed E-state index contributed by atoms with van der Waals surface area (Å²) in [6, 6.07) is 22.4. The van der Waals surface area contributed by atoms with E-state index < -0.39 is 15.2 Å². The molecule has 0 spiro atoms. The van der Waals surface area contributed by atoms with Crippen molar-refractivity contribution in [3.05, 3.63) is 107 Å². The van der Waals surface area contributed by atoms with Crippen LogP contribution in [-0.4, -0.2) is 12.9 Å². The molecule has 5 rings (SSSR count). The van der Waals surface area contributed by atoms with Crippen LogP contribution < -0.4 is 10.6 Å². The Kier molecular flexibility index (Phi) is 29.9. The van der Waals surface area contributed by atoms with Gasteiger partial charge in [0, 0.05) is 36.5 Å². The van der Waals surface area contributed by atoms with Crippen LogP contribution in [-0.2, 0) is 36.5 Å². The van der Waals surface area contributed by atoms with Crippen LogP contribution in [0.5, 0.6) is 0 Å². The van der Waals surface area contributed by atoms with E-state index in [-0.39, 0.29) is 51.4 Å². The Morgan fingerprint density at radius 1 is 0.651 bits per heavy atom. The molecular weight excluding hydrogens is 697 g/mol. The van der Waals surface area contributed by atoms with Crippen molar-refractivity contribution in [3.63, 3.8) is 0 Å². The van der Waals surface area contributed by atoms with Crippen molar-refractivity contribution >= 4 is 25.8 Å². The Morgan fingerprint density at radius 3 is 1.28 bits per heavy atom. The van der Waals surface area contributed by atoms with Crippen molar-refractivity contribution in [1.82, 2.24) is 0 Å². The zero-order valence-corrected chi connectivity index (χ0v) is 30.0. The summed E-state index contributed by atoms with van der Waals surface area (Å²) in [6.45, 7) is 6.66. The molecule has 249 valence electrons. The van der Waals surface area contributed by atoms with Gasteiger partial charge in [-0.2, -0.15) is 5.92 Å². The molecule has 0 nitrogen and oxygen atoms in total. The van der Waals surface area contributed by atoms with Gasteiger partial charge in [0.1, 0.15) is 0 Å². The van der Waals surface area contributed by atoms with E-state index in [4.69, 9.17) is 0 Å². The van der Waals surface area contributed by atoms with Crippen molar-refractivity contribution < 1.29 is 53.8 Å². The van der Waals surface area contributed by atoms with Crippen molar-refractivity contribution in [2.45, 2.75) is 89.6 Å². The second kappa shape index (κ2) is 27.6. The number of hydrogen-bond acceptors (Lipinski definition) is 0. The first-order valence-corrected chi connectivity index (χ1v) is 16.3. The van der Waals surface area contributed by atoms with Crippen molar-refractivity contribution in [2.24, 2.45) is 11.8 Å². The Hall–Kier alpha value is -0.722. The summed E-state index contributed by atoms with van der Waals surface area (Å²) in [6.07, 6.45) is 25.6. The standard InChI is InChI=1S/C20H24P.C8H12.C5H10.2CH3.BF4.Fe.Rh/c1-16(2)19-14-9-15-20(19)21(17-10-5-3-6-11-17)18-12-7-4-8-13-18;1-2-4-6-8-7-5-3-1;1-2-4-5-3-1;;;2-1(3,4)5;;/h3-8,10-13,16,19-20H,1,9,14-15H2,2H3;1-2,7-8H,3-6H2;1-5H2;2*1H3;;;/q-1;;;3*-1;;/p+1/b;2-1-,8-7?;;;;;;/t16-,19?,20?;;;;;;;/m0......./s1. The van der Waals surface area contributed by atoms with E-state index in [0.717, 1.165) is 11.6 Å². The fourth-order valence-electron chi connectivity index (χ4n) is 5.60. The Morgan fingerprint density at radius 2 is 0.977 bits per heavy atom. The normalized spacial score (nSPS) is 20.1. The molecule has 0 amide bonds. The molecular formula is C35H53BF4FePRh-3. The van der Waals surface area contributed by atoms with Crippen LogP contribution in [0.15, 0.2) is 85.0 Å². The number of hydrogen-bond donors (Lipinski definition) is 0. The largest absolute Gasteiger partial charge is 0.673 e. The maximum absolute atomic E-state index is 9.75. The van der Waals surface area contributed by atoms with Crippen LogP contribution >= 0.6 is 7.92 Å². The van der Waals surface area contributed by atoms with E-state index in [0.29, 0.717) is 5.92 Å². The van der Waals surface area contributed by atoms with Crippen molar-refractivity contribution in [3.8, 4) is 0 Å². The van der Waals surface area contributed by atoms with Gasteiger partial charge in [-0.15, -0.1) is 0 Å². The number of benzene rings is 2. The molecule has 2 saturated carbocycles. The second-order valence-electron chi connectivity index (χ2n) is 10.7. The summed E-state index contributed by atoms with van der Waals surface area (Å²) in [5, 5.41) is 3.12. The van der Waals surface area contributed by atoms with Crippen LogP contribution in [0.25, 0.3) is 0 Å². The maximum atomic E-state index is 9.75. The second-order valence-corrected chi connectivity index (χ2v) is 13.4. The first-order valence-electron chi connectivity index (χ1n) is 14.8. The molecule has 3 aliphatic rings. The summed E-state index contributed by atoms with van der Waals surface area (Å²) >= 11 is 0. The number of rotatable bonds is 4. The van der Waals surface area contributed by atoms with Gasteiger partial charge in [-0.1, -0.05) is 99.7 Å². The SMILES string of the molecule is C1=CCC/C=C\CC1.C1CCCC1.F[B-](F)(F)F.[CH2-][C@@H](C)C1CCCC1[PH+](c1ccccc1)c1ccccc1.[CH3-].[CH3-].[Fe].[Rh]. The molecule has 0 N–H and O–H groups in total. The van der Waals surface area contributed by atoms with Gasteiger partial charge >= 0.3 is 7.25 Å². The van der Waals surface area contributed by atoms with Crippen molar-refractivity contribution in [2.75, 3.05) is 0 Å². The van der Waals surface area contributed by atoms with Gasteiger partial charge in [-0.25, -0.2) is 0 Å². The minimum Gasteiger partial charge on any atom is -0.418 e. The third kappa shape index (κ3) is 21.6. The molecule has 2 aromatic rings.